The number of carbonyl (C=O) groups excluding carboxylic acids is 1. The molecule has 0 atom stereocenters. The van der Waals surface area contributed by atoms with Crippen LogP contribution in [0.2, 0.25) is 0 Å². The molecule has 2 heterocycles. The Hall–Kier alpha value is -2.65. The molecule has 25 heavy (non-hydrogen) atoms. The summed E-state index contributed by atoms with van der Waals surface area (Å²) in [7, 11) is -2.23. The number of aryl methyl sites for hydroxylation is 2. The lowest BCUT2D eigenvalue weighted by Gasteiger charge is -2.08. The van der Waals surface area contributed by atoms with E-state index in [0.717, 1.165) is 16.5 Å². The molecule has 0 unspecified atom stereocenters. The Morgan fingerprint density at radius 3 is 2.68 bits per heavy atom. The third kappa shape index (κ3) is 3.28. The maximum absolute atomic E-state index is 12.4. The average Bonchev–Trinajstić information content (AvgIpc) is 3.07. The molecular weight excluding hydrogens is 342 g/mol. The van der Waals surface area contributed by atoms with Crippen LogP contribution in [0.15, 0.2) is 35.4 Å². The minimum Gasteiger partial charge on any atom is -0.361 e. The summed E-state index contributed by atoms with van der Waals surface area (Å²) in [4.78, 5) is 17.4. The zero-order valence-electron chi connectivity index (χ0n) is 14.1. The van der Waals surface area contributed by atoms with Crippen molar-refractivity contribution in [1.29, 1.82) is 0 Å². The fourth-order valence-corrected chi connectivity index (χ4v) is 4.11. The molecule has 0 fully saturated rings. The van der Waals surface area contributed by atoms with Gasteiger partial charge in [0.15, 0.2) is 0 Å². The van der Waals surface area contributed by atoms with E-state index in [9.17, 15) is 13.2 Å². The summed E-state index contributed by atoms with van der Waals surface area (Å²) in [6.07, 6.45) is 1.80. The Bertz CT molecular complexity index is 1050. The van der Waals surface area contributed by atoms with Crippen molar-refractivity contribution >= 4 is 26.8 Å². The van der Waals surface area contributed by atoms with E-state index in [2.05, 4.69) is 20.3 Å². The van der Waals surface area contributed by atoms with Gasteiger partial charge in [-0.25, -0.2) is 8.42 Å². The fraction of sp³-hybridized carbons (Fsp3) is 0.250. The molecule has 3 aromatic rings. The Kier molecular flexibility index (Phi) is 4.36. The van der Waals surface area contributed by atoms with Crippen LogP contribution in [0.5, 0.6) is 0 Å². The highest BCUT2D eigenvalue weighted by Gasteiger charge is 2.24. The molecule has 3 N–H and O–H groups in total. The van der Waals surface area contributed by atoms with Gasteiger partial charge < -0.3 is 4.98 Å². The molecule has 3 rings (SSSR count). The third-order valence-electron chi connectivity index (χ3n) is 4.06. The lowest BCUT2D eigenvalue weighted by atomic mass is 10.1. The van der Waals surface area contributed by atoms with Gasteiger partial charge in [-0.2, -0.15) is 5.10 Å². The molecule has 8 nitrogen and oxygen atoms in total. The minimum absolute atomic E-state index is 0.0531. The van der Waals surface area contributed by atoms with Crippen molar-refractivity contribution in [3.63, 3.8) is 0 Å². The van der Waals surface area contributed by atoms with E-state index in [0.29, 0.717) is 11.4 Å². The number of para-hydroxylation sites is 1. The number of amides is 1. The molecule has 1 aromatic carbocycles. The number of hydrazine groups is 1. The molecule has 0 saturated carbocycles. The summed E-state index contributed by atoms with van der Waals surface area (Å²) in [5, 5.41) is 5.01. The Morgan fingerprint density at radius 1 is 1.28 bits per heavy atom. The summed E-state index contributed by atoms with van der Waals surface area (Å²) in [6, 6.07) is 7.60. The highest BCUT2D eigenvalue weighted by molar-refractivity contribution is 7.89. The van der Waals surface area contributed by atoms with Crippen LogP contribution in [-0.2, 0) is 28.3 Å². The first-order valence-electron chi connectivity index (χ1n) is 7.65. The molecule has 0 saturated heterocycles. The standard InChI is InChI=1S/C16H19N5O3S/c1-10-16(11(2)21(3)19-10)25(23,24)20-18-15(22)8-12-9-17-14-7-5-4-6-13(12)14/h4-7,9,17,20H,8H2,1-3H3,(H,18,22). The first kappa shape index (κ1) is 17.2. The molecule has 0 aliphatic heterocycles. The number of nitrogens with zero attached hydrogens (tertiary/aromatic N) is 2. The molecule has 9 heteroatoms. The number of hydrogen-bond acceptors (Lipinski definition) is 4. The van der Waals surface area contributed by atoms with Crippen LogP contribution >= 0.6 is 0 Å². The zero-order chi connectivity index (χ0) is 18.2. The van der Waals surface area contributed by atoms with E-state index in [1.807, 2.05) is 24.3 Å². The highest BCUT2D eigenvalue weighted by Crippen LogP contribution is 2.19. The maximum atomic E-state index is 12.4. The smallest absolute Gasteiger partial charge is 0.261 e. The number of sulfonamides is 1. The number of nitrogens with one attached hydrogen (secondary N) is 3. The van der Waals surface area contributed by atoms with Gasteiger partial charge in [-0.15, -0.1) is 4.83 Å². The van der Waals surface area contributed by atoms with E-state index < -0.39 is 15.9 Å². The predicted octanol–water partition coefficient (Wildman–Crippen LogP) is 1.07. The lowest BCUT2D eigenvalue weighted by molar-refractivity contribution is -0.120. The van der Waals surface area contributed by atoms with Gasteiger partial charge >= 0.3 is 0 Å². The minimum atomic E-state index is -3.89. The quantitative estimate of drug-likeness (QED) is 0.591. The first-order valence-corrected chi connectivity index (χ1v) is 9.14. The van der Waals surface area contributed by atoms with Crippen LogP contribution in [0.3, 0.4) is 0 Å². The van der Waals surface area contributed by atoms with Crippen molar-refractivity contribution in [2.75, 3.05) is 0 Å². The van der Waals surface area contributed by atoms with Crippen LogP contribution in [0.4, 0.5) is 0 Å². The SMILES string of the molecule is Cc1nn(C)c(C)c1S(=O)(=O)NNC(=O)Cc1c[nH]c2ccccc12. The summed E-state index contributed by atoms with van der Waals surface area (Å²) in [5.41, 5.74) is 4.85. The largest absolute Gasteiger partial charge is 0.361 e. The highest BCUT2D eigenvalue weighted by atomic mass is 32.2. The summed E-state index contributed by atoms with van der Waals surface area (Å²) in [5.74, 6) is -0.451. The van der Waals surface area contributed by atoms with Gasteiger partial charge in [0.05, 0.1) is 17.8 Å². The van der Waals surface area contributed by atoms with Crippen molar-refractivity contribution < 1.29 is 13.2 Å². The summed E-state index contributed by atoms with van der Waals surface area (Å²) in [6.45, 7) is 3.26. The van der Waals surface area contributed by atoms with Crippen LogP contribution in [0, 0.1) is 13.8 Å². The van der Waals surface area contributed by atoms with Crippen molar-refractivity contribution in [2.24, 2.45) is 7.05 Å². The van der Waals surface area contributed by atoms with E-state index in [4.69, 9.17) is 0 Å². The van der Waals surface area contributed by atoms with Crippen LogP contribution in [-0.4, -0.2) is 29.1 Å². The molecular formula is C16H19N5O3S. The average molecular weight is 361 g/mol. The number of rotatable bonds is 5. The van der Waals surface area contributed by atoms with Crippen molar-refractivity contribution in [3.8, 4) is 0 Å². The van der Waals surface area contributed by atoms with Gasteiger partial charge in [-0.1, -0.05) is 18.2 Å². The maximum Gasteiger partial charge on any atom is 0.261 e. The normalized spacial score (nSPS) is 11.8. The Labute approximate surface area is 145 Å². The van der Waals surface area contributed by atoms with Gasteiger partial charge in [-0.3, -0.25) is 14.9 Å². The predicted molar refractivity (Wildman–Crippen MR) is 93.1 cm³/mol. The molecule has 0 aliphatic carbocycles. The number of fused-ring (bicyclic) bond motifs is 1. The van der Waals surface area contributed by atoms with E-state index in [1.165, 1.54) is 4.68 Å². The second-order valence-corrected chi connectivity index (χ2v) is 7.43. The number of H-pyrrole nitrogens is 1. The van der Waals surface area contributed by atoms with Crippen molar-refractivity contribution in [3.05, 3.63) is 47.4 Å². The lowest BCUT2D eigenvalue weighted by Crippen LogP contribution is -2.42. The number of hydrogen-bond donors (Lipinski definition) is 3. The van der Waals surface area contributed by atoms with Gasteiger partial charge in [0, 0.05) is 24.1 Å². The van der Waals surface area contributed by atoms with E-state index in [-0.39, 0.29) is 11.3 Å². The topological polar surface area (TPSA) is 109 Å². The van der Waals surface area contributed by atoms with Crippen LogP contribution in [0.1, 0.15) is 17.0 Å². The van der Waals surface area contributed by atoms with E-state index in [1.54, 1.807) is 27.1 Å². The number of benzene rings is 1. The van der Waals surface area contributed by atoms with E-state index >= 15 is 0 Å². The zero-order valence-corrected chi connectivity index (χ0v) is 14.9. The molecule has 0 spiro atoms. The summed E-state index contributed by atoms with van der Waals surface area (Å²) < 4.78 is 26.3. The summed E-state index contributed by atoms with van der Waals surface area (Å²) >= 11 is 0. The van der Waals surface area contributed by atoms with Crippen LogP contribution in [0.25, 0.3) is 10.9 Å². The Morgan fingerprint density at radius 2 is 2.00 bits per heavy atom. The first-order chi connectivity index (χ1) is 11.8. The van der Waals surface area contributed by atoms with Crippen molar-refractivity contribution in [1.82, 2.24) is 25.0 Å². The van der Waals surface area contributed by atoms with Gasteiger partial charge in [0.2, 0.25) is 5.91 Å². The van der Waals surface area contributed by atoms with Gasteiger partial charge in [0.1, 0.15) is 4.90 Å². The van der Waals surface area contributed by atoms with Crippen molar-refractivity contribution in [2.45, 2.75) is 25.2 Å². The fourth-order valence-electron chi connectivity index (χ4n) is 2.81. The number of carbonyl (C=O) groups is 1. The monoisotopic (exact) mass is 361 g/mol. The molecule has 132 valence electrons. The van der Waals surface area contributed by atoms with Crippen LogP contribution < -0.4 is 10.3 Å². The molecule has 2 aromatic heterocycles. The third-order valence-corrected chi connectivity index (χ3v) is 5.56. The molecule has 0 radical (unpaired) electrons. The second-order valence-electron chi connectivity index (χ2n) is 5.81. The molecule has 0 bridgehead atoms. The van der Waals surface area contributed by atoms with Gasteiger partial charge in [-0.05, 0) is 25.5 Å². The Balaban J connectivity index is 1.71. The molecule has 0 aliphatic rings. The molecule has 1 amide bonds. The second kappa shape index (κ2) is 6.34. The van der Waals surface area contributed by atoms with Gasteiger partial charge in [0.25, 0.3) is 10.0 Å². The number of aromatic amines is 1. The number of aromatic nitrogens is 3.